The summed E-state index contributed by atoms with van der Waals surface area (Å²) in [7, 11) is 0. The second-order valence-corrected chi connectivity index (χ2v) is 4.52. The van der Waals surface area contributed by atoms with Crippen LogP contribution in [0.15, 0.2) is 24.3 Å². The predicted octanol–water partition coefficient (Wildman–Crippen LogP) is 2.92. The summed E-state index contributed by atoms with van der Waals surface area (Å²) in [6.07, 6.45) is -4.55. The number of hydrogen-bond acceptors (Lipinski definition) is 3. The van der Waals surface area contributed by atoms with Crippen LogP contribution in [0.3, 0.4) is 0 Å². The first kappa shape index (κ1) is 15.1. The van der Waals surface area contributed by atoms with Crippen LogP contribution in [-0.4, -0.2) is 31.3 Å². The van der Waals surface area contributed by atoms with Gasteiger partial charge < -0.3 is 9.64 Å². The molecule has 21 heavy (non-hydrogen) atoms. The Morgan fingerprint density at radius 2 is 2.14 bits per heavy atom. The minimum absolute atomic E-state index is 0.0215. The maximum absolute atomic E-state index is 11.9. The van der Waals surface area contributed by atoms with E-state index in [4.69, 9.17) is 0 Å². The Kier molecular flexibility index (Phi) is 4.35. The number of anilines is 2. The molecule has 2 amide bonds. The summed E-state index contributed by atoms with van der Waals surface area (Å²) in [5.41, 5.74) is 0.852. The van der Waals surface area contributed by atoms with Gasteiger partial charge in [-0.2, -0.15) is 13.2 Å². The van der Waals surface area contributed by atoms with Crippen molar-refractivity contribution in [2.45, 2.75) is 19.0 Å². The highest BCUT2D eigenvalue weighted by Crippen LogP contribution is 2.24. The second kappa shape index (κ2) is 6.02. The normalized spacial score (nSPS) is 15.2. The van der Waals surface area contributed by atoms with Crippen molar-refractivity contribution in [2.24, 2.45) is 0 Å². The van der Waals surface area contributed by atoms with Gasteiger partial charge in [0.2, 0.25) is 5.91 Å². The monoisotopic (exact) mass is 302 g/mol. The van der Waals surface area contributed by atoms with Gasteiger partial charge in [0.05, 0.1) is 0 Å². The number of nitrogens with zero attached hydrogens (tertiary/aromatic N) is 1. The first-order valence-electron chi connectivity index (χ1n) is 6.26. The van der Waals surface area contributed by atoms with Gasteiger partial charge in [-0.1, -0.05) is 6.07 Å². The van der Waals surface area contributed by atoms with Crippen molar-refractivity contribution in [3.05, 3.63) is 24.3 Å². The summed E-state index contributed by atoms with van der Waals surface area (Å²) >= 11 is 0. The molecule has 1 aromatic carbocycles. The predicted molar refractivity (Wildman–Crippen MR) is 69.1 cm³/mol. The van der Waals surface area contributed by atoms with Crippen LogP contribution in [0.2, 0.25) is 0 Å². The summed E-state index contributed by atoms with van der Waals surface area (Å²) in [5.74, 6) is -0.0215. The number of carbonyl (C=O) groups excluding carboxylic acids is 2. The van der Waals surface area contributed by atoms with Crippen molar-refractivity contribution in [3.8, 4) is 0 Å². The quantitative estimate of drug-likeness (QED) is 0.934. The highest BCUT2D eigenvalue weighted by atomic mass is 19.4. The fourth-order valence-electron chi connectivity index (χ4n) is 1.97. The van der Waals surface area contributed by atoms with E-state index >= 15 is 0 Å². The molecule has 1 N–H and O–H groups in total. The van der Waals surface area contributed by atoms with Crippen molar-refractivity contribution in [2.75, 3.05) is 23.4 Å². The first-order valence-corrected chi connectivity index (χ1v) is 6.26. The Morgan fingerprint density at radius 1 is 1.38 bits per heavy atom. The van der Waals surface area contributed by atoms with E-state index < -0.39 is 18.9 Å². The molecule has 0 saturated carbocycles. The molecular formula is C13H13F3N2O3. The molecule has 1 aliphatic rings. The summed E-state index contributed by atoms with van der Waals surface area (Å²) in [6.45, 7) is -1.07. The fourth-order valence-corrected chi connectivity index (χ4v) is 1.97. The molecule has 114 valence electrons. The number of benzene rings is 1. The Labute approximate surface area is 118 Å². The zero-order chi connectivity index (χ0) is 15.5. The molecule has 0 spiro atoms. The van der Waals surface area contributed by atoms with Crippen LogP contribution in [0, 0.1) is 0 Å². The molecule has 1 fully saturated rings. The Bertz CT molecular complexity index is 546. The van der Waals surface area contributed by atoms with E-state index in [-0.39, 0.29) is 11.6 Å². The maximum atomic E-state index is 11.9. The van der Waals surface area contributed by atoms with E-state index in [0.29, 0.717) is 18.7 Å². The van der Waals surface area contributed by atoms with E-state index in [9.17, 15) is 22.8 Å². The number of amides is 2. The van der Waals surface area contributed by atoms with Gasteiger partial charge in [-0.3, -0.25) is 10.1 Å². The van der Waals surface area contributed by atoms with E-state index in [1.807, 2.05) is 0 Å². The van der Waals surface area contributed by atoms with Gasteiger partial charge >= 0.3 is 12.3 Å². The van der Waals surface area contributed by atoms with E-state index in [1.165, 1.54) is 12.1 Å². The summed E-state index contributed by atoms with van der Waals surface area (Å²) in [5, 5.41) is 2.19. The molecule has 8 heteroatoms. The molecule has 1 saturated heterocycles. The van der Waals surface area contributed by atoms with Gasteiger partial charge in [-0.05, 0) is 24.6 Å². The van der Waals surface area contributed by atoms with Crippen LogP contribution in [0.5, 0.6) is 0 Å². The van der Waals surface area contributed by atoms with Gasteiger partial charge in [0.1, 0.15) is 0 Å². The van der Waals surface area contributed by atoms with Crippen LogP contribution < -0.4 is 10.2 Å². The highest BCUT2D eigenvalue weighted by Gasteiger charge is 2.29. The molecule has 0 bridgehead atoms. The zero-order valence-electron chi connectivity index (χ0n) is 10.9. The Balaban J connectivity index is 1.98. The average molecular weight is 302 g/mol. The summed E-state index contributed by atoms with van der Waals surface area (Å²) in [4.78, 5) is 24.4. The smallest absolute Gasteiger partial charge is 0.422 e. The van der Waals surface area contributed by atoms with Crippen molar-refractivity contribution in [3.63, 3.8) is 0 Å². The fraction of sp³-hybridized carbons (Fsp3) is 0.385. The van der Waals surface area contributed by atoms with Crippen molar-refractivity contribution in [1.29, 1.82) is 0 Å². The number of hydrogen-bond donors (Lipinski definition) is 1. The number of halogens is 3. The van der Waals surface area contributed by atoms with Crippen molar-refractivity contribution < 1.29 is 27.5 Å². The molecule has 1 aliphatic heterocycles. The highest BCUT2D eigenvalue weighted by molar-refractivity contribution is 5.96. The molecule has 0 unspecified atom stereocenters. The van der Waals surface area contributed by atoms with Gasteiger partial charge in [0.25, 0.3) is 0 Å². The first-order chi connectivity index (χ1) is 9.85. The molecule has 1 aromatic rings. The third kappa shape index (κ3) is 4.37. The standard InChI is InChI=1S/C13H13F3N2O3/c14-13(15,16)8-21-12(20)17-9-3-1-4-10(7-9)18-6-2-5-11(18)19/h1,3-4,7H,2,5-6,8H2,(H,17,20). The molecule has 0 atom stereocenters. The number of rotatable bonds is 3. The van der Waals surface area contributed by atoms with Gasteiger partial charge in [0, 0.05) is 24.3 Å². The SMILES string of the molecule is O=C(Nc1cccc(N2CCCC2=O)c1)OCC(F)(F)F. The zero-order valence-corrected chi connectivity index (χ0v) is 10.9. The van der Waals surface area contributed by atoms with Crippen LogP contribution in [0.1, 0.15) is 12.8 Å². The van der Waals surface area contributed by atoms with Crippen LogP contribution >= 0.6 is 0 Å². The second-order valence-electron chi connectivity index (χ2n) is 4.52. The Hall–Kier alpha value is -2.25. The number of carbonyl (C=O) groups is 2. The summed E-state index contributed by atoms with van der Waals surface area (Å²) in [6, 6.07) is 6.30. The molecule has 5 nitrogen and oxygen atoms in total. The maximum Gasteiger partial charge on any atom is 0.422 e. The third-order valence-electron chi connectivity index (χ3n) is 2.84. The van der Waals surface area contributed by atoms with Gasteiger partial charge in [0.15, 0.2) is 6.61 Å². The van der Waals surface area contributed by atoms with Crippen LogP contribution in [0.25, 0.3) is 0 Å². The lowest BCUT2D eigenvalue weighted by atomic mass is 10.2. The lowest BCUT2D eigenvalue weighted by Gasteiger charge is -2.16. The van der Waals surface area contributed by atoms with Gasteiger partial charge in [-0.15, -0.1) is 0 Å². The number of nitrogens with one attached hydrogen (secondary N) is 1. The molecule has 1 heterocycles. The third-order valence-corrected chi connectivity index (χ3v) is 2.84. The van der Waals surface area contributed by atoms with Gasteiger partial charge in [-0.25, -0.2) is 4.79 Å². The minimum atomic E-state index is -4.57. The van der Waals surface area contributed by atoms with E-state index in [2.05, 4.69) is 10.1 Å². The molecular weight excluding hydrogens is 289 g/mol. The topological polar surface area (TPSA) is 58.6 Å². The summed E-state index contributed by atoms with van der Waals surface area (Å²) < 4.78 is 39.8. The molecule has 0 aromatic heterocycles. The van der Waals surface area contributed by atoms with E-state index in [1.54, 1.807) is 17.0 Å². The largest absolute Gasteiger partial charge is 0.440 e. The average Bonchev–Trinajstić information content (AvgIpc) is 2.82. The van der Waals surface area contributed by atoms with Crippen molar-refractivity contribution in [1.82, 2.24) is 0 Å². The number of alkyl halides is 3. The number of ether oxygens (including phenoxy) is 1. The lowest BCUT2D eigenvalue weighted by Crippen LogP contribution is -2.25. The van der Waals surface area contributed by atoms with Crippen molar-refractivity contribution >= 4 is 23.4 Å². The van der Waals surface area contributed by atoms with E-state index in [0.717, 1.165) is 6.42 Å². The Morgan fingerprint density at radius 3 is 2.76 bits per heavy atom. The van der Waals surface area contributed by atoms with Crippen LogP contribution in [-0.2, 0) is 9.53 Å². The van der Waals surface area contributed by atoms with Crippen LogP contribution in [0.4, 0.5) is 29.3 Å². The molecule has 0 aliphatic carbocycles. The molecule has 0 radical (unpaired) electrons. The lowest BCUT2D eigenvalue weighted by molar-refractivity contribution is -0.159. The molecule has 2 rings (SSSR count). The minimum Gasteiger partial charge on any atom is -0.440 e.